The van der Waals surface area contributed by atoms with Crippen LogP contribution in [0.15, 0.2) is 55.2 Å². The Morgan fingerprint density at radius 1 is 1.08 bits per heavy atom. The molecule has 0 aliphatic carbocycles. The van der Waals surface area contributed by atoms with Crippen LogP contribution in [-0.4, -0.2) is 38.4 Å². The highest BCUT2D eigenvalue weighted by Crippen LogP contribution is 2.15. The van der Waals surface area contributed by atoms with Gasteiger partial charge < -0.3 is 14.8 Å². The van der Waals surface area contributed by atoms with E-state index in [1.807, 2.05) is 0 Å². The molecule has 0 saturated carbocycles. The van der Waals surface area contributed by atoms with Gasteiger partial charge in [0.1, 0.15) is 24.2 Å². The van der Waals surface area contributed by atoms with Crippen molar-refractivity contribution in [3.8, 4) is 11.6 Å². The summed E-state index contributed by atoms with van der Waals surface area (Å²) in [5.74, 6) is 0.611. The van der Waals surface area contributed by atoms with Gasteiger partial charge >= 0.3 is 6.16 Å². The maximum absolute atomic E-state index is 12.3. The molecule has 0 radical (unpaired) electrons. The lowest BCUT2D eigenvalue weighted by Crippen LogP contribution is -2.13. The third kappa shape index (κ3) is 4.20. The van der Waals surface area contributed by atoms with E-state index in [9.17, 15) is 9.59 Å². The summed E-state index contributed by atoms with van der Waals surface area (Å²) in [5.41, 5.74) is 0.947. The number of hydrogen-bond acceptors (Lipinski definition) is 7. The van der Waals surface area contributed by atoms with E-state index < -0.39 is 6.16 Å². The Bertz CT molecular complexity index is 877. The van der Waals surface area contributed by atoms with Crippen LogP contribution in [0.5, 0.6) is 5.75 Å². The number of ether oxygens (including phenoxy) is 2. The standard InChI is InChI=1S/C17H15N5O4/c1-2-25-17(24)26-14-6-3-12(4-7-14)16(23)21-13-5-8-15(18-9-13)22-10-19-20-11-22/h3-11H,2H2,1H3,(H,21,23). The second-order valence-corrected chi connectivity index (χ2v) is 5.04. The lowest BCUT2D eigenvalue weighted by molar-refractivity contribution is 0.102. The first kappa shape index (κ1) is 17.1. The summed E-state index contributed by atoms with van der Waals surface area (Å²) in [6.07, 6.45) is 3.80. The van der Waals surface area contributed by atoms with Crippen LogP contribution in [0.4, 0.5) is 10.5 Å². The Kier molecular flexibility index (Phi) is 5.18. The van der Waals surface area contributed by atoms with Gasteiger partial charge in [0.25, 0.3) is 5.91 Å². The average molecular weight is 353 g/mol. The van der Waals surface area contributed by atoms with Gasteiger partial charge in [-0.15, -0.1) is 10.2 Å². The molecule has 0 aliphatic rings. The zero-order chi connectivity index (χ0) is 18.4. The zero-order valence-electron chi connectivity index (χ0n) is 13.8. The predicted molar refractivity (Wildman–Crippen MR) is 91.2 cm³/mol. The number of nitrogens with one attached hydrogen (secondary N) is 1. The van der Waals surface area contributed by atoms with Crippen molar-refractivity contribution in [1.82, 2.24) is 19.7 Å². The molecule has 1 amide bonds. The minimum absolute atomic E-state index is 0.226. The Balaban J connectivity index is 1.61. The lowest BCUT2D eigenvalue weighted by atomic mass is 10.2. The first-order valence-corrected chi connectivity index (χ1v) is 7.73. The summed E-state index contributed by atoms with van der Waals surface area (Å²) in [6, 6.07) is 9.57. The smallest absolute Gasteiger partial charge is 0.434 e. The third-order valence-corrected chi connectivity index (χ3v) is 3.27. The van der Waals surface area contributed by atoms with Crippen LogP contribution in [0.25, 0.3) is 5.82 Å². The topological polar surface area (TPSA) is 108 Å². The minimum atomic E-state index is -0.788. The first-order chi connectivity index (χ1) is 12.7. The van der Waals surface area contributed by atoms with E-state index in [1.54, 1.807) is 35.8 Å². The number of amides is 1. The van der Waals surface area contributed by atoms with Gasteiger partial charge in [0.15, 0.2) is 0 Å². The SMILES string of the molecule is CCOC(=O)Oc1ccc(C(=O)Nc2ccc(-n3cnnc3)nc2)cc1. The zero-order valence-corrected chi connectivity index (χ0v) is 13.8. The van der Waals surface area contributed by atoms with E-state index in [4.69, 9.17) is 4.74 Å². The molecule has 1 N–H and O–H groups in total. The number of carbonyl (C=O) groups excluding carboxylic acids is 2. The van der Waals surface area contributed by atoms with Crippen molar-refractivity contribution in [2.45, 2.75) is 6.92 Å². The number of pyridine rings is 1. The molecule has 0 saturated heterocycles. The molecule has 9 heteroatoms. The average Bonchev–Trinajstić information content (AvgIpc) is 3.18. The highest BCUT2D eigenvalue weighted by atomic mass is 16.7. The molecule has 0 unspecified atom stereocenters. The molecule has 26 heavy (non-hydrogen) atoms. The van der Waals surface area contributed by atoms with E-state index in [0.29, 0.717) is 22.8 Å². The van der Waals surface area contributed by atoms with Crippen LogP contribution in [-0.2, 0) is 4.74 Å². The van der Waals surface area contributed by atoms with Crippen molar-refractivity contribution in [2.75, 3.05) is 11.9 Å². The predicted octanol–water partition coefficient (Wildman–Crippen LogP) is 2.45. The quantitative estimate of drug-likeness (QED) is 0.554. The van der Waals surface area contributed by atoms with Crippen LogP contribution in [0, 0.1) is 0 Å². The first-order valence-electron chi connectivity index (χ1n) is 7.73. The summed E-state index contributed by atoms with van der Waals surface area (Å²) in [6.45, 7) is 1.91. The highest BCUT2D eigenvalue weighted by molar-refractivity contribution is 6.04. The second kappa shape index (κ2) is 7.88. The number of benzene rings is 1. The van der Waals surface area contributed by atoms with Crippen molar-refractivity contribution in [3.63, 3.8) is 0 Å². The number of carbonyl (C=O) groups is 2. The van der Waals surface area contributed by atoms with E-state index in [2.05, 4.69) is 25.2 Å². The highest BCUT2D eigenvalue weighted by Gasteiger charge is 2.09. The summed E-state index contributed by atoms with van der Waals surface area (Å²) in [7, 11) is 0. The van der Waals surface area contributed by atoms with Gasteiger partial charge in [-0.05, 0) is 43.3 Å². The monoisotopic (exact) mass is 353 g/mol. The number of anilines is 1. The molecule has 3 rings (SSSR count). The fraction of sp³-hybridized carbons (Fsp3) is 0.118. The molecule has 2 aromatic heterocycles. The normalized spacial score (nSPS) is 10.2. The van der Waals surface area contributed by atoms with Crippen LogP contribution in [0.1, 0.15) is 17.3 Å². The van der Waals surface area contributed by atoms with Gasteiger partial charge in [0.05, 0.1) is 18.5 Å². The molecule has 0 spiro atoms. The van der Waals surface area contributed by atoms with E-state index >= 15 is 0 Å². The molecule has 0 aliphatic heterocycles. The van der Waals surface area contributed by atoms with Gasteiger partial charge in [0.2, 0.25) is 0 Å². The molecule has 9 nitrogen and oxygen atoms in total. The van der Waals surface area contributed by atoms with Gasteiger partial charge in [-0.1, -0.05) is 0 Å². The lowest BCUT2D eigenvalue weighted by Gasteiger charge is -2.07. The largest absolute Gasteiger partial charge is 0.513 e. The Hall–Kier alpha value is -3.75. The van der Waals surface area contributed by atoms with Crippen molar-refractivity contribution in [3.05, 3.63) is 60.8 Å². The molecule has 2 heterocycles. The third-order valence-electron chi connectivity index (χ3n) is 3.27. The summed E-state index contributed by atoms with van der Waals surface area (Å²) in [5, 5.41) is 10.2. The molecule has 3 aromatic rings. The molecular weight excluding hydrogens is 338 g/mol. The van der Waals surface area contributed by atoms with Gasteiger partial charge in [-0.2, -0.15) is 0 Å². The fourth-order valence-corrected chi connectivity index (χ4v) is 2.05. The van der Waals surface area contributed by atoms with E-state index in [1.165, 1.54) is 31.0 Å². The summed E-state index contributed by atoms with van der Waals surface area (Å²) < 4.78 is 11.3. The Morgan fingerprint density at radius 3 is 2.42 bits per heavy atom. The maximum atomic E-state index is 12.3. The van der Waals surface area contributed by atoms with Gasteiger partial charge in [-0.3, -0.25) is 9.36 Å². The minimum Gasteiger partial charge on any atom is -0.434 e. The van der Waals surface area contributed by atoms with Crippen molar-refractivity contribution < 1.29 is 19.1 Å². The van der Waals surface area contributed by atoms with E-state index in [0.717, 1.165) is 0 Å². The van der Waals surface area contributed by atoms with Crippen LogP contribution < -0.4 is 10.1 Å². The molecule has 132 valence electrons. The van der Waals surface area contributed by atoms with Crippen LogP contribution in [0.2, 0.25) is 0 Å². The fourth-order valence-electron chi connectivity index (χ4n) is 2.05. The number of aromatic nitrogens is 4. The maximum Gasteiger partial charge on any atom is 0.513 e. The van der Waals surface area contributed by atoms with Gasteiger partial charge in [0, 0.05) is 5.56 Å². The molecule has 0 bridgehead atoms. The summed E-state index contributed by atoms with van der Waals surface area (Å²) in [4.78, 5) is 27.7. The number of hydrogen-bond donors (Lipinski definition) is 1. The molecule has 0 fully saturated rings. The Morgan fingerprint density at radius 2 is 1.81 bits per heavy atom. The Labute approximate surface area is 148 Å². The molecular formula is C17H15N5O4. The van der Waals surface area contributed by atoms with Crippen LogP contribution in [0.3, 0.4) is 0 Å². The molecule has 1 aromatic carbocycles. The number of rotatable bonds is 5. The van der Waals surface area contributed by atoms with Crippen molar-refractivity contribution >= 4 is 17.7 Å². The van der Waals surface area contributed by atoms with E-state index in [-0.39, 0.29) is 12.5 Å². The second-order valence-electron chi connectivity index (χ2n) is 5.04. The molecule has 0 atom stereocenters. The van der Waals surface area contributed by atoms with Crippen LogP contribution >= 0.6 is 0 Å². The van der Waals surface area contributed by atoms with Gasteiger partial charge in [-0.25, -0.2) is 9.78 Å². The summed E-state index contributed by atoms with van der Waals surface area (Å²) >= 11 is 0. The van der Waals surface area contributed by atoms with Crippen molar-refractivity contribution in [1.29, 1.82) is 0 Å². The number of nitrogens with zero attached hydrogens (tertiary/aromatic N) is 4. The van der Waals surface area contributed by atoms with Crippen molar-refractivity contribution in [2.24, 2.45) is 0 Å².